The van der Waals surface area contributed by atoms with Gasteiger partial charge in [-0.25, -0.2) is 4.79 Å². The van der Waals surface area contributed by atoms with Crippen LogP contribution < -0.4 is 16.0 Å². The number of hydrogen-bond donors (Lipinski definition) is 1. The maximum Gasteiger partial charge on any atom is 0.573 e. The molecule has 3 aromatic rings. The molecule has 0 spiro atoms. The number of aromatic nitrogens is 3. The third-order valence-corrected chi connectivity index (χ3v) is 5.19. The molecule has 12 heteroatoms. The van der Waals surface area contributed by atoms with E-state index < -0.39 is 29.3 Å². The maximum atomic E-state index is 12.9. The highest BCUT2D eigenvalue weighted by Gasteiger charge is 2.31. The average Bonchev–Trinajstić information content (AvgIpc) is 3.02. The number of aromatic amines is 1. The number of hydrogen-bond acceptors (Lipinski definition) is 5. The van der Waals surface area contributed by atoms with E-state index in [2.05, 4.69) is 25.7 Å². The molecular formula is C19H17BrF3N3O5. The van der Waals surface area contributed by atoms with Crippen LogP contribution in [0.5, 0.6) is 5.75 Å². The smallest absolute Gasteiger partial charge is 0.466 e. The van der Waals surface area contributed by atoms with Gasteiger partial charge in [0.1, 0.15) is 11.3 Å². The molecular weight excluding hydrogens is 487 g/mol. The second kappa shape index (κ2) is 8.61. The Hall–Kier alpha value is -3.02. The standard InChI is InChI=1S/C19H17BrF3N3O5/c1-10(27)30-8-4-7-26-17(28)15-16(25(2)18(26)29)13(20)14(24-15)11-5-3-6-12(9-11)31-19(21,22)23/h3,5-6,9,24H,4,7-8H2,1-2H3. The summed E-state index contributed by atoms with van der Waals surface area (Å²) in [5.74, 6) is -0.891. The third-order valence-electron chi connectivity index (χ3n) is 4.41. The van der Waals surface area contributed by atoms with Gasteiger partial charge in [0, 0.05) is 26.1 Å². The van der Waals surface area contributed by atoms with Crippen LogP contribution in [0.15, 0.2) is 38.3 Å². The Labute approximate surface area is 181 Å². The molecule has 0 aliphatic rings. The van der Waals surface area contributed by atoms with Gasteiger partial charge in [0.2, 0.25) is 0 Å². The topological polar surface area (TPSA) is 95.3 Å². The van der Waals surface area contributed by atoms with Gasteiger partial charge >= 0.3 is 18.0 Å². The summed E-state index contributed by atoms with van der Waals surface area (Å²) in [5.41, 5.74) is -0.191. The summed E-state index contributed by atoms with van der Waals surface area (Å²) in [6.07, 6.45) is -4.59. The number of nitrogens with zero attached hydrogens (tertiary/aromatic N) is 2. The molecule has 0 unspecified atom stereocenters. The molecule has 2 heterocycles. The lowest BCUT2D eigenvalue weighted by molar-refractivity contribution is -0.274. The molecule has 0 radical (unpaired) electrons. The predicted molar refractivity (Wildman–Crippen MR) is 109 cm³/mol. The highest BCUT2D eigenvalue weighted by atomic mass is 79.9. The number of rotatable bonds is 6. The van der Waals surface area contributed by atoms with Crippen molar-refractivity contribution in [3.05, 3.63) is 49.6 Å². The van der Waals surface area contributed by atoms with Crippen LogP contribution in [0.3, 0.4) is 0 Å². The molecule has 2 aromatic heterocycles. The summed E-state index contributed by atoms with van der Waals surface area (Å²) >= 11 is 3.34. The minimum Gasteiger partial charge on any atom is -0.466 e. The van der Waals surface area contributed by atoms with E-state index in [-0.39, 0.29) is 30.6 Å². The number of ether oxygens (including phenoxy) is 2. The Kier molecular flexibility index (Phi) is 6.30. The number of aryl methyl sites for hydroxylation is 1. The van der Waals surface area contributed by atoms with Crippen LogP contribution in [-0.4, -0.2) is 33.1 Å². The van der Waals surface area contributed by atoms with Crippen molar-refractivity contribution in [2.75, 3.05) is 6.61 Å². The van der Waals surface area contributed by atoms with Gasteiger partial charge < -0.3 is 14.5 Å². The molecule has 31 heavy (non-hydrogen) atoms. The molecule has 1 aromatic carbocycles. The van der Waals surface area contributed by atoms with E-state index in [0.29, 0.717) is 15.7 Å². The number of fused-ring (bicyclic) bond motifs is 1. The zero-order valence-electron chi connectivity index (χ0n) is 16.4. The van der Waals surface area contributed by atoms with Crippen molar-refractivity contribution >= 4 is 32.9 Å². The van der Waals surface area contributed by atoms with Gasteiger partial charge in [-0.2, -0.15) is 0 Å². The van der Waals surface area contributed by atoms with Crippen molar-refractivity contribution in [3.8, 4) is 17.0 Å². The highest BCUT2D eigenvalue weighted by molar-refractivity contribution is 9.10. The molecule has 166 valence electrons. The predicted octanol–water partition coefficient (Wildman–Crippen LogP) is 3.31. The number of H-pyrrole nitrogens is 1. The minimum absolute atomic E-state index is 0.0234. The molecule has 3 rings (SSSR count). The van der Waals surface area contributed by atoms with Crippen LogP contribution in [0.1, 0.15) is 13.3 Å². The average molecular weight is 504 g/mol. The molecule has 0 bridgehead atoms. The molecule has 0 atom stereocenters. The lowest BCUT2D eigenvalue weighted by Crippen LogP contribution is -2.39. The summed E-state index contributed by atoms with van der Waals surface area (Å²) in [7, 11) is 1.47. The van der Waals surface area contributed by atoms with E-state index in [0.717, 1.165) is 10.6 Å². The van der Waals surface area contributed by atoms with Crippen LogP contribution in [0.25, 0.3) is 22.3 Å². The monoisotopic (exact) mass is 503 g/mol. The molecule has 0 saturated carbocycles. The fourth-order valence-corrected chi connectivity index (χ4v) is 3.91. The van der Waals surface area contributed by atoms with Crippen molar-refractivity contribution in [1.82, 2.24) is 14.1 Å². The van der Waals surface area contributed by atoms with Crippen LogP contribution in [0.2, 0.25) is 0 Å². The van der Waals surface area contributed by atoms with Gasteiger partial charge in [0.15, 0.2) is 0 Å². The molecule has 0 saturated heterocycles. The van der Waals surface area contributed by atoms with Crippen molar-refractivity contribution in [3.63, 3.8) is 0 Å². The first kappa shape index (κ1) is 22.7. The summed E-state index contributed by atoms with van der Waals surface area (Å²) < 4.78 is 49.0. The minimum atomic E-state index is -4.85. The number of alkyl halides is 3. The Morgan fingerprint density at radius 3 is 2.61 bits per heavy atom. The fraction of sp³-hybridized carbons (Fsp3) is 0.316. The summed E-state index contributed by atoms with van der Waals surface area (Å²) in [6.45, 7) is 1.33. The maximum absolute atomic E-state index is 12.9. The Balaban J connectivity index is 2.06. The van der Waals surface area contributed by atoms with Crippen LogP contribution in [0.4, 0.5) is 13.2 Å². The third kappa shape index (κ3) is 4.84. The van der Waals surface area contributed by atoms with E-state index >= 15 is 0 Å². The molecule has 8 nitrogen and oxygen atoms in total. The van der Waals surface area contributed by atoms with E-state index in [9.17, 15) is 27.6 Å². The number of carbonyl (C=O) groups is 1. The molecule has 1 N–H and O–H groups in total. The molecule has 0 fully saturated rings. The van der Waals surface area contributed by atoms with Crippen LogP contribution >= 0.6 is 15.9 Å². The number of halogens is 4. The Morgan fingerprint density at radius 2 is 1.97 bits per heavy atom. The number of benzene rings is 1. The van der Waals surface area contributed by atoms with E-state index in [1.54, 1.807) is 0 Å². The first-order chi connectivity index (χ1) is 14.5. The van der Waals surface area contributed by atoms with Crippen LogP contribution in [0, 0.1) is 0 Å². The normalized spacial score (nSPS) is 11.7. The zero-order valence-corrected chi connectivity index (χ0v) is 18.0. The summed E-state index contributed by atoms with van der Waals surface area (Å²) in [4.78, 5) is 39.3. The van der Waals surface area contributed by atoms with Gasteiger partial charge in [-0.3, -0.25) is 18.7 Å². The second-order valence-corrected chi connectivity index (χ2v) is 7.40. The lowest BCUT2D eigenvalue weighted by Gasteiger charge is -2.09. The Bertz CT molecular complexity index is 1260. The number of esters is 1. The van der Waals surface area contributed by atoms with Crippen molar-refractivity contribution in [2.45, 2.75) is 26.3 Å². The molecule has 0 aliphatic heterocycles. The van der Waals surface area contributed by atoms with Gasteiger partial charge in [0.25, 0.3) is 5.56 Å². The van der Waals surface area contributed by atoms with Gasteiger partial charge in [-0.1, -0.05) is 12.1 Å². The zero-order chi connectivity index (χ0) is 22.9. The van der Waals surface area contributed by atoms with Crippen LogP contribution in [-0.2, 0) is 23.1 Å². The second-order valence-electron chi connectivity index (χ2n) is 6.61. The largest absolute Gasteiger partial charge is 0.573 e. The SMILES string of the molecule is CC(=O)OCCCn1c(=O)c2[nH]c(-c3cccc(OC(F)(F)F)c3)c(Br)c2n(C)c1=O. The van der Waals surface area contributed by atoms with Crippen molar-refractivity contribution in [1.29, 1.82) is 0 Å². The summed E-state index contributed by atoms with van der Waals surface area (Å²) in [5, 5.41) is 0. The van der Waals surface area contributed by atoms with Gasteiger partial charge in [-0.15, -0.1) is 13.2 Å². The quantitative estimate of drug-likeness (QED) is 0.411. The van der Waals surface area contributed by atoms with Crippen molar-refractivity contribution < 1.29 is 27.4 Å². The lowest BCUT2D eigenvalue weighted by atomic mass is 10.1. The summed E-state index contributed by atoms with van der Waals surface area (Å²) in [6, 6.07) is 5.23. The van der Waals surface area contributed by atoms with Gasteiger partial charge in [-0.05, 0) is 34.5 Å². The van der Waals surface area contributed by atoms with E-state index in [1.807, 2.05) is 0 Å². The molecule has 0 aliphatic carbocycles. The Morgan fingerprint density at radius 1 is 1.26 bits per heavy atom. The van der Waals surface area contributed by atoms with Gasteiger partial charge in [0.05, 0.1) is 22.3 Å². The highest BCUT2D eigenvalue weighted by Crippen LogP contribution is 2.35. The first-order valence-electron chi connectivity index (χ1n) is 9.00. The van der Waals surface area contributed by atoms with E-state index in [1.165, 1.54) is 36.7 Å². The van der Waals surface area contributed by atoms with Crippen molar-refractivity contribution in [2.24, 2.45) is 7.05 Å². The number of nitrogens with one attached hydrogen (secondary N) is 1. The van der Waals surface area contributed by atoms with E-state index in [4.69, 9.17) is 4.74 Å². The first-order valence-corrected chi connectivity index (χ1v) is 9.79. The molecule has 0 amide bonds. The fourth-order valence-electron chi connectivity index (χ4n) is 3.12. The number of carbonyl (C=O) groups excluding carboxylic acids is 1.